The fourth-order valence-electron chi connectivity index (χ4n) is 0.914. The number of H-pyrrole nitrogens is 1. The molecule has 5 nitrogen and oxygen atoms in total. The lowest BCUT2D eigenvalue weighted by atomic mass is 10.4. The van der Waals surface area contributed by atoms with Gasteiger partial charge in [0.15, 0.2) is 0 Å². The molecule has 0 spiro atoms. The van der Waals surface area contributed by atoms with Gasteiger partial charge in [0.25, 0.3) is 0 Å². The number of nitrogens with one attached hydrogen (secondary N) is 1. The van der Waals surface area contributed by atoms with Crippen LogP contribution in [0.1, 0.15) is 30.4 Å². The summed E-state index contributed by atoms with van der Waals surface area (Å²) in [5.74, 6) is 1.67. The molecule has 1 N–H and O–H groups in total. The number of nitrogens with zero attached hydrogens (tertiary/aromatic N) is 2. The van der Waals surface area contributed by atoms with Gasteiger partial charge in [-0.15, -0.1) is 0 Å². The Morgan fingerprint density at radius 1 is 1.60 bits per heavy atom. The van der Waals surface area contributed by atoms with E-state index >= 15 is 0 Å². The lowest BCUT2D eigenvalue weighted by molar-refractivity contribution is 0.0516. The quantitative estimate of drug-likeness (QED) is 0.567. The van der Waals surface area contributed by atoms with Crippen molar-refractivity contribution in [2.45, 2.75) is 19.8 Å². The summed E-state index contributed by atoms with van der Waals surface area (Å²) in [6, 6.07) is 0. The first-order valence-corrected chi connectivity index (χ1v) is 6.10. The van der Waals surface area contributed by atoms with E-state index in [-0.39, 0.29) is 5.82 Å². The lowest BCUT2D eigenvalue weighted by Gasteiger charge is -2.01. The first-order valence-electron chi connectivity index (χ1n) is 4.94. The van der Waals surface area contributed by atoms with Crippen molar-refractivity contribution >= 4 is 17.7 Å². The summed E-state index contributed by atoms with van der Waals surface area (Å²) in [6.07, 6.45) is 3.69. The minimum Gasteiger partial charge on any atom is -0.459 e. The van der Waals surface area contributed by atoms with E-state index in [0.717, 1.165) is 11.5 Å². The van der Waals surface area contributed by atoms with Gasteiger partial charge >= 0.3 is 5.97 Å². The van der Waals surface area contributed by atoms with Crippen molar-refractivity contribution in [3.63, 3.8) is 0 Å². The summed E-state index contributed by atoms with van der Waals surface area (Å²) in [5, 5.41) is 6.03. The summed E-state index contributed by atoms with van der Waals surface area (Å²) in [4.78, 5) is 14.9. The minimum atomic E-state index is -0.441. The van der Waals surface area contributed by atoms with Crippen LogP contribution in [0.4, 0.5) is 0 Å². The number of hydrogen-bond acceptors (Lipinski definition) is 5. The molecule has 0 aromatic carbocycles. The van der Waals surface area contributed by atoms with Gasteiger partial charge in [0.2, 0.25) is 5.82 Å². The van der Waals surface area contributed by atoms with Gasteiger partial charge in [0.1, 0.15) is 12.9 Å². The van der Waals surface area contributed by atoms with Crippen molar-refractivity contribution in [1.82, 2.24) is 15.2 Å². The number of carbonyl (C=O) groups is 1. The third-order valence-corrected chi connectivity index (χ3v) is 2.74. The van der Waals surface area contributed by atoms with Gasteiger partial charge in [-0.3, -0.25) is 5.10 Å². The van der Waals surface area contributed by atoms with Gasteiger partial charge < -0.3 is 4.74 Å². The molecule has 0 atom stereocenters. The smallest absolute Gasteiger partial charge is 0.375 e. The van der Waals surface area contributed by atoms with Gasteiger partial charge in [-0.25, -0.2) is 9.78 Å². The third-order valence-electron chi connectivity index (χ3n) is 1.71. The fraction of sp³-hybridized carbons (Fsp3) is 0.667. The molecule has 0 saturated heterocycles. The van der Waals surface area contributed by atoms with E-state index in [1.165, 1.54) is 19.2 Å². The van der Waals surface area contributed by atoms with Crippen LogP contribution < -0.4 is 0 Å². The Morgan fingerprint density at radius 3 is 3.13 bits per heavy atom. The molecular formula is C9H15N3O2S. The van der Waals surface area contributed by atoms with Gasteiger partial charge in [-0.05, 0) is 12.2 Å². The van der Waals surface area contributed by atoms with Crippen molar-refractivity contribution in [1.29, 1.82) is 0 Å². The summed E-state index contributed by atoms with van der Waals surface area (Å²) in [5.41, 5.74) is 0. The number of hydrogen-bond donors (Lipinski definition) is 1. The van der Waals surface area contributed by atoms with E-state index in [0.29, 0.717) is 6.61 Å². The predicted octanol–water partition coefficient (Wildman–Crippen LogP) is 1.49. The van der Waals surface area contributed by atoms with Crippen molar-refractivity contribution < 1.29 is 9.53 Å². The maximum Gasteiger partial charge on any atom is 0.375 e. The third kappa shape index (κ3) is 4.83. The van der Waals surface area contributed by atoms with Gasteiger partial charge in [-0.1, -0.05) is 13.3 Å². The van der Waals surface area contributed by atoms with Crippen LogP contribution in [0.3, 0.4) is 0 Å². The molecule has 1 aromatic heterocycles. The zero-order valence-corrected chi connectivity index (χ0v) is 9.55. The monoisotopic (exact) mass is 229 g/mol. The molecule has 0 saturated carbocycles. The Bertz CT molecular complexity index is 277. The number of esters is 1. The average Bonchev–Trinajstić information content (AvgIpc) is 2.76. The first kappa shape index (κ1) is 12.0. The highest BCUT2D eigenvalue weighted by atomic mass is 32.2. The normalized spacial score (nSPS) is 10.2. The van der Waals surface area contributed by atoms with Crippen molar-refractivity contribution in [2.75, 3.05) is 18.1 Å². The fourth-order valence-corrected chi connectivity index (χ4v) is 1.81. The molecule has 1 heterocycles. The maximum absolute atomic E-state index is 11.2. The Kier molecular flexibility index (Phi) is 5.84. The zero-order chi connectivity index (χ0) is 10.9. The zero-order valence-electron chi connectivity index (χ0n) is 8.73. The van der Waals surface area contributed by atoms with Gasteiger partial charge in [0, 0.05) is 5.75 Å². The Hall–Kier alpha value is -1.04. The largest absolute Gasteiger partial charge is 0.459 e. The molecule has 1 rings (SSSR count). The van der Waals surface area contributed by atoms with Crippen molar-refractivity contribution in [3.8, 4) is 0 Å². The van der Waals surface area contributed by atoms with E-state index in [1.54, 1.807) is 11.8 Å². The summed E-state index contributed by atoms with van der Waals surface area (Å²) in [7, 11) is 0. The molecule has 15 heavy (non-hydrogen) atoms. The number of rotatable bonds is 7. The average molecular weight is 229 g/mol. The molecule has 6 heteroatoms. The maximum atomic E-state index is 11.2. The van der Waals surface area contributed by atoms with Crippen LogP contribution in [0.15, 0.2) is 6.33 Å². The number of unbranched alkanes of at least 4 members (excludes halogenated alkanes) is 1. The van der Waals surface area contributed by atoms with Crippen LogP contribution in [-0.2, 0) is 4.74 Å². The van der Waals surface area contributed by atoms with E-state index in [2.05, 4.69) is 22.1 Å². The highest BCUT2D eigenvalue weighted by Gasteiger charge is 2.08. The summed E-state index contributed by atoms with van der Waals surface area (Å²) < 4.78 is 4.97. The SMILES string of the molecule is CCCCSCCOC(=O)c1ncn[nH]1. The Balaban J connectivity index is 2.03. The highest BCUT2D eigenvalue weighted by molar-refractivity contribution is 7.99. The molecule has 0 unspecified atom stereocenters. The van der Waals surface area contributed by atoms with E-state index in [4.69, 9.17) is 4.74 Å². The summed E-state index contributed by atoms with van der Waals surface area (Å²) >= 11 is 1.79. The van der Waals surface area contributed by atoms with Crippen LogP contribution in [0, 0.1) is 0 Å². The number of carbonyl (C=O) groups excluding carboxylic acids is 1. The van der Waals surface area contributed by atoms with Crippen LogP contribution in [0.5, 0.6) is 0 Å². The number of aromatic amines is 1. The lowest BCUT2D eigenvalue weighted by Crippen LogP contribution is -2.09. The van der Waals surface area contributed by atoms with E-state index < -0.39 is 5.97 Å². The summed E-state index contributed by atoms with van der Waals surface area (Å²) in [6.45, 7) is 2.58. The van der Waals surface area contributed by atoms with Crippen LogP contribution in [0.25, 0.3) is 0 Å². The van der Waals surface area contributed by atoms with Crippen LogP contribution in [0.2, 0.25) is 0 Å². The predicted molar refractivity (Wildman–Crippen MR) is 58.9 cm³/mol. The van der Waals surface area contributed by atoms with Gasteiger partial charge in [-0.2, -0.15) is 16.9 Å². The molecule has 0 aliphatic rings. The van der Waals surface area contributed by atoms with Crippen molar-refractivity contribution in [2.24, 2.45) is 0 Å². The Labute approximate surface area is 93.0 Å². The molecule has 0 amide bonds. The van der Waals surface area contributed by atoms with Crippen LogP contribution in [-0.4, -0.2) is 39.3 Å². The second kappa shape index (κ2) is 7.28. The highest BCUT2D eigenvalue weighted by Crippen LogP contribution is 2.04. The van der Waals surface area contributed by atoms with E-state index in [1.807, 2.05) is 0 Å². The van der Waals surface area contributed by atoms with Gasteiger partial charge in [0.05, 0.1) is 0 Å². The molecule has 0 aliphatic heterocycles. The van der Waals surface area contributed by atoms with Crippen molar-refractivity contribution in [3.05, 3.63) is 12.2 Å². The molecule has 0 aliphatic carbocycles. The molecule has 0 fully saturated rings. The first-order chi connectivity index (χ1) is 7.34. The molecule has 0 radical (unpaired) electrons. The standard InChI is InChI=1S/C9H15N3O2S/c1-2-3-5-15-6-4-14-9(13)8-10-7-11-12-8/h7H,2-6H2,1H3,(H,10,11,12). The number of aromatic nitrogens is 3. The Morgan fingerprint density at radius 2 is 2.47 bits per heavy atom. The second-order valence-corrected chi connectivity index (χ2v) is 4.16. The molecule has 1 aromatic rings. The number of ether oxygens (including phenoxy) is 1. The topological polar surface area (TPSA) is 67.9 Å². The second-order valence-electron chi connectivity index (χ2n) is 2.94. The molecular weight excluding hydrogens is 214 g/mol. The molecule has 0 bridgehead atoms. The van der Waals surface area contributed by atoms with Crippen LogP contribution >= 0.6 is 11.8 Å². The minimum absolute atomic E-state index is 0.161. The molecule has 84 valence electrons. The number of thioether (sulfide) groups is 1. The van der Waals surface area contributed by atoms with E-state index in [9.17, 15) is 4.79 Å².